The molecule has 0 aliphatic carbocycles. The van der Waals surface area contributed by atoms with Crippen molar-refractivity contribution in [3.8, 4) is 5.75 Å². The van der Waals surface area contributed by atoms with Gasteiger partial charge in [-0.05, 0) is 37.1 Å². The number of nitrogens with two attached hydrogens (primary N) is 1. The highest BCUT2D eigenvalue weighted by molar-refractivity contribution is 5.43. The van der Waals surface area contributed by atoms with Gasteiger partial charge in [0, 0.05) is 6.07 Å². The van der Waals surface area contributed by atoms with Crippen LogP contribution in [0.5, 0.6) is 5.75 Å². The topological polar surface area (TPSA) is 78.4 Å². The fourth-order valence-electron chi connectivity index (χ4n) is 2.23. The molecule has 0 aliphatic heterocycles. The molecule has 21 heavy (non-hydrogen) atoms. The predicted octanol–water partition coefficient (Wildman–Crippen LogP) is 2.98. The second-order valence-corrected chi connectivity index (χ2v) is 4.78. The number of hydrogen-bond donors (Lipinski definition) is 1. The first kappa shape index (κ1) is 15.0. The molecule has 110 valence electrons. The van der Waals surface area contributed by atoms with E-state index in [1.165, 1.54) is 6.07 Å². The molecule has 0 aliphatic rings. The zero-order valence-corrected chi connectivity index (χ0v) is 11.9. The van der Waals surface area contributed by atoms with Crippen LogP contribution in [0.1, 0.15) is 16.7 Å². The summed E-state index contributed by atoms with van der Waals surface area (Å²) in [7, 11) is 0. The molecule has 0 unspecified atom stereocenters. The molecule has 0 heterocycles. The van der Waals surface area contributed by atoms with Gasteiger partial charge >= 0.3 is 0 Å². The second kappa shape index (κ2) is 6.85. The van der Waals surface area contributed by atoms with Gasteiger partial charge in [0.25, 0.3) is 5.69 Å². The van der Waals surface area contributed by atoms with Crippen LogP contribution >= 0.6 is 0 Å². The molecular weight excluding hydrogens is 268 g/mol. The van der Waals surface area contributed by atoms with Crippen molar-refractivity contribution in [1.82, 2.24) is 0 Å². The van der Waals surface area contributed by atoms with E-state index in [2.05, 4.69) is 0 Å². The molecule has 2 rings (SSSR count). The van der Waals surface area contributed by atoms with Crippen LogP contribution in [-0.2, 0) is 13.0 Å². The van der Waals surface area contributed by atoms with Crippen LogP contribution in [0.15, 0.2) is 42.5 Å². The Morgan fingerprint density at radius 1 is 1.14 bits per heavy atom. The van der Waals surface area contributed by atoms with E-state index >= 15 is 0 Å². The number of nitro benzene ring substituents is 1. The van der Waals surface area contributed by atoms with Gasteiger partial charge in [-0.25, -0.2) is 0 Å². The maximum Gasteiger partial charge on any atom is 0.276 e. The summed E-state index contributed by atoms with van der Waals surface area (Å²) in [6.07, 6.45) is 0.716. The number of benzene rings is 2. The third kappa shape index (κ3) is 3.58. The van der Waals surface area contributed by atoms with Gasteiger partial charge in [0.1, 0.15) is 12.4 Å². The molecular formula is C16H18N2O3. The molecule has 2 aromatic rings. The first-order valence-electron chi connectivity index (χ1n) is 6.77. The highest BCUT2D eigenvalue weighted by Crippen LogP contribution is 2.26. The molecule has 0 saturated heterocycles. The lowest BCUT2D eigenvalue weighted by molar-refractivity contribution is -0.385. The molecule has 0 aromatic heterocycles. The van der Waals surface area contributed by atoms with E-state index in [4.69, 9.17) is 10.5 Å². The van der Waals surface area contributed by atoms with Crippen LogP contribution in [0.4, 0.5) is 5.69 Å². The van der Waals surface area contributed by atoms with Crippen molar-refractivity contribution in [2.24, 2.45) is 5.73 Å². The van der Waals surface area contributed by atoms with Crippen molar-refractivity contribution in [2.45, 2.75) is 20.0 Å². The van der Waals surface area contributed by atoms with Crippen LogP contribution in [0.25, 0.3) is 0 Å². The summed E-state index contributed by atoms with van der Waals surface area (Å²) in [5, 5.41) is 11.0. The first-order valence-corrected chi connectivity index (χ1v) is 6.77. The summed E-state index contributed by atoms with van der Waals surface area (Å²) in [5.41, 5.74) is 8.26. The van der Waals surface area contributed by atoms with Crippen LogP contribution < -0.4 is 10.5 Å². The molecule has 2 N–H and O–H groups in total. The largest absolute Gasteiger partial charge is 0.488 e. The summed E-state index contributed by atoms with van der Waals surface area (Å²) >= 11 is 0. The summed E-state index contributed by atoms with van der Waals surface area (Å²) in [6.45, 7) is 2.65. The van der Waals surface area contributed by atoms with Gasteiger partial charge in [-0.3, -0.25) is 10.1 Å². The second-order valence-electron chi connectivity index (χ2n) is 4.78. The Bertz CT molecular complexity index is 641. The van der Waals surface area contributed by atoms with E-state index in [0.717, 1.165) is 16.9 Å². The number of aryl methyl sites for hydroxylation is 1. The van der Waals surface area contributed by atoms with Gasteiger partial charge in [0.15, 0.2) is 0 Å². The molecule has 5 heteroatoms. The maximum atomic E-state index is 11.0. The molecule has 0 radical (unpaired) electrons. The van der Waals surface area contributed by atoms with E-state index < -0.39 is 4.92 Å². The van der Waals surface area contributed by atoms with Gasteiger partial charge in [0.2, 0.25) is 0 Å². The standard InChI is InChI=1S/C16H18N2O3/c1-12-5-4-7-13(9-10-17)16(12)21-11-14-6-2-3-8-15(14)18(19)20/h2-8H,9-11,17H2,1H3. The third-order valence-corrected chi connectivity index (χ3v) is 3.27. The molecule has 0 saturated carbocycles. The van der Waals surface area contributed by atoms with E-state index in [1.807, 2.05) is 25.1 Å². The van der Waals surface area contributed by atoms with Gasteiger partial charge in [-0.15, -0.1) is 0 Å². The number of nitro groups is 1. The van der Waals surface area contributed by atoms with Gasteiger partial charge in [-0.2, -0.15) is 0 Å². The van der Waals surface area contributed by atoms with Gasteiger partial charge in [-0.1, -0.05) is 30.3 Å². The zero-order valence-electron chi connectivity index (χ0n) is 11.9. The monoisotopic (exact) mass is 286 g/mol. The van der Waals surface area contributed by atoms with Crippen molar-refractivity contribution < 1.29 is 9.66 Å². The minimum absolute atomic E-state index is 0.0754. The van der Waals surface area contributed by atoms with Crippen molar-refractivity contribution in [3.63, 3.8) is 0 Å². The Kier molecular flexibility index (Phi) is 4.90. The lowest BCUT2D eigenvalue weighted by Crippen LogP contribution is -2.07. The quantitative estimate of drug-likeness (QED) is 0.654. The van der Waals surface area contributed by atoms with Gasteiger partial charge in [0.05, 0.1) is 10.5 Å². The van der Waals surface area contributed by atoms with Crippen molar-refractivity contribution in [1.29, 1.82) is 0 Å². The Hall–Kier alpha value is -2.40. The van der Waals surface area contributed by atoms with Crippen LogP contribution in [-0.4, -0.2) is 11.5 Å². The summed E-state index contributed by atoms with van der Waals surface area (Å²) in [6, 6.07) is 12.5. The van der Waals surface area contributed by atoms with E-state index in [-0.39, 0.29) is 12.3 Å². The van der Waals surface area contributed by atoms with Crippen molar-refractivity contribution >= 4 is 5.69 Å². The molecule has 0 spiro atoms. The Morgan fingerprint density at radius 3 is 2.57 bits per heavy atom. The molecule has 0 bridgehead atoms. The predicted molar refractivity (Wildman–Crippen MR) is 81.4 cm³/mol. The highest BCUT2D eigenvalue weighted by atomic mass is 16.6. The zero-order chi connectivity index (χ0) is 15.2. The number of nitrogens with zero attached hydrogens (tertiary/aromatic N) is 1. The average Bonchev–Trinajstić information content (AvgIpc) is 2.47. The molecule has 5 nitrogen and oxygen atoms in total. The number of hydrogen-bond acceptors (Lipinski definition) is 4. The minimum atomic E-state index is -0.392. The number of ether oxygens (including phenoxy) is 1. The van der Waals surface area contributed by atoms with E-state index in [1.54, 1.807) is 18.2 Å². The summed E-state index contributed by atoms with van der Waals surface area (Å²) < 4.78 is 5.84. The van der Waals surface area contributed by atoms with Crippen molar-refractivity contribution in [3.05, 3.63) is 69.3 Å². The lowest BCUT2D eigenvalue weighted by atomic mass is 10.1. The van der Waals surface area contributed by atoms with Gasteiger partial charge < -0.3 is 10.5 Å². The maximum absolute atomic E-state index is 11.0. The smallest absolute Gasteiger partial charge is 0.276 e. The number of para-hydroxylation sites is 2. The van der Waals surface area contributed by atoms with Crippen LogP contribution in [0.2, 0.25) is 0 Å². The molecule has 0 amide bonds. The Labute approximate surface area is 123 Å². The summed E-state index contributed by atoms with van der Waals surface area (Å²) in [5.74, 6) is 0.765. The van der Waals surface area contributed by atoms with E-state index in [9.17, 15) is 10.1 Å². The Morgan fingerprint density at radius 2 is 1.86 bits per heavy atom. The Balaban J connectivity index is 2.23. The fraction of sp³-hybridized carbons (Fsp3) is 0.250. The SMILES string of the molecule is Cc1cccc(CCN)c1OCc1ccccc1[N+](=O)[O-]. The normalized spacial score (nSPS) is 10.4. The lowest BCUT2D eigenvalue weighted by Gasteiger charge is -2.14. The van der Waals surface area contributed by atoms with Crippen LogP contribution in [0, 0.1) is 17.0 Å². The molecule has 0 atom stereocenters. The molecule has 2 aromatic carbocycles. The average molecular weight is 286 g/mol. The number of rotatable bonds is 6. The van der Waals surface area contributed by atoms with E-state index in [0.29, 0.717) is 18.5 Å². The van der Waals surface area contributed by atoms with Crippen molar-refractivity contribution in [2.75, 3.05) is 6.54 Å². The molecule has 0 fully saturated rings. The van der Waals surface area contributed by atoms with Crippen LogP contribution in [0.3, 0.4) is 0 Å². The fourth-order valence-corrected chi connectivity index (χ4v) is 2.23. The first-order chi connectivity index (χ1) is 10.1. The highest BCUT2D eigenvalue weighted by Gasteiger charge is 2.14. The third-order valence-electron chi connectivity index (χ3n) is 3.27. The minimum Gasteiger partial charge on any atom is -0.488 e. The summed E-state index contributed by atoms with van der Waals surface area (Å²) in [4.78, 5) is 10.6.